The predicted molar refractivity (Wildman–Crippen MR) is 99.2 cm³/mol. The summed E-state index contributed by atoms with van der Waals surface area (Å²) in [5, 5.41) is 20.9. The largest absolute Gasteiger partial charge is 0.478 e. The number of hydrogen-bond acceptors (Lipinski definition) is 5. The molecule has 0 unspecified atom stereocenters. The molecule has 1 aromatic carbocycles. The van der Waals surface area contributed by atoms with E-state index in [1.807, 2.05) is 6.07 Å². The highest BCUT2D eigenvalue weighted by Gasteiger charge is 2.13. The van der Waals surface area contributed by atoms with E-state index >= 15 is 0 Å². The molecular weight excluding hydrogens is 372 g/mol. The average Bonchev–Trinajstić information content (AvgIpc) is 3.11. The number of ether oxygens (including phenoxy) is 1. The van der Waals surface area contributed by atoms with E-state index in [4.69, 9.17) is 25.9 Å². The van der Waals surface area contributed by atoms with Crippen LogP contribution < -0.4 is 5.32 Å². The van der Waals surface area contributed by atoms with Crippen LogP contribution in [-0.2, 0) is 9.53 Å². The first-order valence-electron chi connectivity index (χ1n) is 7.98. The third-order valence-electron chi connectivity index (χ3n) is 3.57. The highest BCUT2D eigenvalue weighted by molar-refractivity contribution is 6.33. The van der Waals surface area contributed by atoms with Gasteiger partial charge in [0, 0.05) is 31.9 Å². The van der Waals surface area contributed by atoms with Gasteiger partial charge in [-0.15, -0.1) is 0 Å². The number of nitriles is 1. The smallest absolute Gasteiger partial charge is 0.337 e. The topological polar surface area (TPSA) is 113 Å². The van der Waals surface area contributed by atoms with Gasteiger partial charge in [-0.2, -0.15) is 5.26 Å². The van der Waals surface area contributed by atoms with E-state index in [1.165, 1.54) is 18.2 Å². The van der Waals surface area contributed by atoms with Gasteiger partial charge in [0.2, 0.25) is 0 Å². The molecule has 1 amide bonds. The van der Waals surface area contributed by atoms with Gasteiger partial charge in [-0.3, -0.25) is 4.79 Å². The number of hydrogen-bond donors (Lipinski definition) is 2. The third-order valence-corrected chi connectivity index (χ3v) is 3.89. The van der Waals surface area contributed by atoms with Crippen molar-refractivity contribution in [1.82, 2.24) is 5.32 Å². The van der Waals surface area contributed by atoms with Crippen LogP contribution in [0.5, 0.6) is 0 Å². The minimum Gasteiger partial charge on any atom is -0.478 e. The maximum Gasteiger partial charge on any atom is 0.337 e. The fourth-order valence-corrected chi connectivity index (χ4v) is 2.49. The van der Waals surface area contributed by atoms with Crippen LogP contribution in [0.1, 0.15) is 22.5 Å². The lowest BCUT2D eigenvalue weighted by molar-refractivity contribution is -0.117. The first-order valence-corrected chi connectivity index (χ1v) is 8.36. The molecule has 0 saturated heterocycles. The highest BCUT2D eigenvalue weighted by atomic mass is 35.5. The second-order valence-electron chi connectivity index (χ2n) is 5.47. The Balaban J connectivity index is 2.15. The van der Waals surface area contributed by atoms with Crippen molar-refractivity contribution >= 4 is 29.6 Å². The predicted octanol–water partition coefficient (Wildman–Crippen LogP) is 3.36. The van der Waals surface area contributed by atoms with E-state index in [0.717, 1.165) is 0 Å². The van der Waals surface area contributed by atoms with E-state index in [1.54, 1.807) is 25.3 Å². The van der Waals surface area contributed by atoms with Crippen molar-refractivity contribution in [3.05, 3.63) is 52.3 Å². The average molecular weight is 389 g/mol. The molecule has 2 rings (SSSR count). The molecule has 140 valence electrons. The van der Waals surface area contributed by atoms with Crippen LogP contribution in [0.4, 0.5) is 0 Å². The van der Waals surface area contributed by atoms with Crippen LogP contribution in [0.2, 0.25) is 5.02 Å². The lowest BCUT2D eigenvalue weighted by Gasteiger charge is -2.03. The number of benzene rings is 1. The first-order chi connectivity index (χ1) is 13.0. The molecule has 27 heavy (non-hydrogen) atoms. The lowest BCUT2D eigenvalue weighted by atomic mass is 10.1. The minimum absolute atomic E-state index is 0.0102. The molecule has 0 aliphatic rings. The number of rotatable bonds is 8. The van der Waals surface area contributed by atoms with Crippen molar-refractivity contribution in [3.8, 4) is 17.4 Å². The van der Waals surface area contributed by atoms with E-state index < -0.39 is 11.9 Å². The summed E-state index contributed by atoms with van der Waals surface area (Å²) in [6.07, 6.45) is 1.97. The van der Waals surface area contributed by atoms with Crippen molar-refractivity contribution in [3.63, 3.8) is 0 Å². The van der Waals surface area contributed by atoms with Gasteiger partial charge in [-0.1, -0.05) is 17.7 Å². The van der Waals surface area contributed by atoms with Gasteiger partial charge in [-0.05, 0) is 30.7 Å². The molecule has 1 heterocycles. The Hall–Kier alpha value is -3.08. The maximum atomic E-state index is 12.0. The number of carbonyl (C=O) groups is 2. The van der Waals surface area contributed by atoms with Gasteiger partial charge in [0.15, 0.2) is 0 Å². The molecule has 2 aromatic rings. The number of aromatic carboxylic acids is 1. The van der Waals surface area contributed by atoms with E-state index in [0.29, 0.717) is 36.7 Å². The molecule has 0 radical (unpaired) electrons. The molecule has 0 spiro atoms. The van der Waals surface area contributed by atoms with Crippen molar-refractivity contribution in [2.75, 3.05) is 20.3 Å². The summed E-state index contributed by atoms with van der Waals surface area (Å²) in [5.41, 5.74) is 0.476. The summed E-state index contributed by atoms with van der Waals surface area (Å²) in [5.74, 6) is -0.880. The lowest BCUT2D eigenvalue weighted by Crippen LogP contribution is -2.26. The van der Waals surface area contributed by atoms with Gasteiger partial charge >= 0.3 is 5.97 Å². The standard InChI is InChI=1S/C19H17ClN2O5/c1-26-8-2-7-22-18(23)13(11-21)9-14-4-6-17(27-14)12-3-5-15(19(24)25)16(20)10-12/h3-6,9-10H,2,7-8H2,1H3,(H,22,23)(H,24,25). The Morgan fingerprint density at radius 1 is 1.37 bits per heavy atom. The number of nitrogens with zero attached hydrogens (tertiary/aromatic N) is 1. The Morgan fingerprint density at radius 2 is 2.15 bits per heavy atom. The van der Waals surface area contributed by atoms with E-state index in [2.05, 4.69) is 5.32 Å². The Labute approximate surface area is 160 Å². The minimum atomic E-state index is -1.12. The monoisotopic (exact) mass is 388 g/mol. The van der Waals surface area contributed by atoms with Gasteiger partial charge in [-0.25, -0.2) is 4.79 Å². The van der Waals surface area contributed by atoms with Crippen LogP contribution in [0.15, 0.2) is 40.3 Å². The number of methoxy groups -OCH3 is 1. The van der Waals surface area contributed by atoms with Gasteiger partial charge < -0.3 is 19.6 Å². The molecule has 0 fully saturated rings. The summed E-state index contributed by atoms with van der Waals surface area (Å²) in [6.45, 7) is 0.903. The maximum absolute atomic E-state index is 12.0. The Morgan fingerprint density at radius 3 is 2.78 bits per heavy atom. The Kier molecular flexibility index (Phi) is 7.17. The van der Waals surface area contributed by atoms with Crippen molar-refractivity contribution < 1.29 is 23.8 Å². The molecule has 1 aromatic heterocycles. The quantitative estimate of drug-likeness (QED) is 0.407. The molecule has 0 saturated carbocycles. The van der Waals surface area contributed by atoms with Crippen LogP contribution in [0.25, 0.3) is 17.4 Å². The summed E-state index contributed by atoms with van der Waals surface area (Å²) in [4.78, 5) is 23.0. The molecule has 7 nitrogen and oxygen atoms in total. The van der Waals surface area contributed by atoms with Crippen LogP contribution >= 0.6 is 11.6 Å². The van der Waals surface area contributed by atoms with Gasteiger partial charge in [0.05, 0.1) is 10.6 Å². The molecule has 0 atom stereocenters. The summed E-state index contributed by atoms with van der Waals surface area (Å²) in [7, 11) is 1.57. The van der Waals surface area contributed by atoms with Crippen LogP contribution in [-0.4, -0.2) is 37.2 Å². The second kappa shape index (κ2) is 9.57. The zero-order valence-corrected chi connectivity index (χ0v) is 15.2. The van der Waals surface area contributed by atoms with Gasteiger partial charge in [0.1, 0.15) is 23.2 Å². The SMILES string of the molecule is COCCCNC(=O)C(C#N)=Cc1ccc(-c2ccc(C(=O)O)c(Cl)c2)o1. The highest BCUT2D eigenvalue weighted by Crippen LogP contribution is 2.28. The number of nitrogens with one attached hydrogen (secondary N) is 1. The van der Waals surface area contributed by atoms with Crippen molar-refractivity contribution in [2.45, 2.75) is 6.42 Å². The van der Waals surface area contributed by atoms with E-state index in [-0.39, 0.29) is 16.2 Å². The van der Waals surface area contributed by atoms with E-state index in [9.17, 15) is 14.9 Å². The zero-order chi connectivity index (χ0) is 19.8. The first kappa shape index (κ1) is 20.2. The number of carboxylic acid groups (broad SMARTS) is 1. The zero-order valence-electron chi connectivity index (χ0n) is 14.5. The molecular formula is C19H17ClN2O5. The normalized spacial score (nSPS) is 11.1. The Bertz CT molecular complexity index is 911. The molecule has 2 N–H and O–H groups in total. The third kappa shape index (κ3) is 5.45. The molecule has 0 aliphatic carbocycles. The van der Waals surface area contributed by atoms with Crippen molar-refractivity contribution in [2.24, 2.45) is 0 Å². The van der Waals surface area contributed by atoms with Gasteiger partial charge in [0.25, 0.3) is 5.91 Å². The number of furan rings is 1. The fraction of sp³-hybridized carbons (Fsp3) is 0.211. The summed E-state index contributed by atoms with van der Waals surface area (Å²) < 4.78 is 10.5. The summed E-state index contributed by atoms with van der Waals surface area (Å²) >= 11 is 5.96. The number of carboxylic acids is 1. The van der Waals surface area contributed by atoms with Crippen LogP contribution in [0.3, 0.4) is 0 Å². The second-order valence-corrected chi connectivity index (χ2v) is 5.88. The number of carbonyl (C=O) groups excluding carboxylic acids is 1. The molecule has 8 heteroatoms. The van der Waals surface area contributed by atoms with Crippen molar-refractivity contribution in [1.29, 1.82) is 5.26 Å². The number of amides is 1. The molecule has 0 aliphatic heterocycles. The number of halogens is 1. The van der Waals surface area contributed by atoms with Crippen LogP contribution in [0, 0.1) is 11.3 Å². The molecule has 0 bridgehead atoms. The summed E-state index contributed by atoms with van der Waals surface area (Å²) in [6, 6.07) is 9.51. The fourth-order valence-electron chi connectivity index (χ4n) is 2.23.